The third-order valence-corrected chi connectivity index (χ3v) is 2.77. The maximum atomic E-state index is 11.2. The van der Waals surface area contributed by atoms with Gasteiger partial charge in [0.1, 0.15) is 7.11 Å². The third-order valence-electron chi connectivity index (χ3n) is 2.77. The molecule has 6 nitrogen and oxygen atoms in total. The maximum Gasteiger partial charge on any atom is 0.358 e. The van der Waals surface area contributed by atoms with Crippen molar-refractivity contribution >= 4 is 28.4 Å². The summed E-state index contributed by atoms with van der Waals surface area (Å²) in [5, 5.41) is 22.9. The molecule has 0 saturated heterocycles. The molecule has 0 atom stereocenters. The molecule has 2 aromatic rings. The van der Waals surface area contributed by atoms with Crippen molar-refractivity contribution in [3.8, 4) is 0 Å². The molecule has 0 aliphatic heterocycles. The minimum Gasteiger partial charge on any atom is -0.478 e. The Morgan fingerprint density at radius 3 is 2.50 bits per heavy atom. The van der Waals surface area contributed by atoms with Crippen molar-refractivity contribution < 1.29 is 24.6 Å². The van der Waals surface area contributed by atoms with Crippen LogP contribution in [0.4, 0.5) is 0 Å². The van der Waals surface area contributed by atoms with Crippen LogP contribution in [-0.2, 0) is 9.63 Å². The molecule has 2 N–H and O–H groups in total. The summed E-state index contributed by atoms with van der Waals surface area (Å²) in [6, 6.07) is 9.49. The van der Waals surface area contributed by atoms with Crippen LogP contribution < -0.4 is 0 Å². The van der Waals surface area contributed by atoms with Gasteiger partial charge in [-0.1, -0.05) is 29.4 Å². The Balaban J connectivity index is 2.75. The van der Waals surface area contributed by atoms with Crippen molar-refractivity contribution in [1.82, 2.24) is 0 Å². The summed E-state index contributed by atoms with van der Waals surface area (Å²) in [5.41, 5.74) is 0.104. The molecule has 0 saturated carbocycles. The standard InChI is InChI=1S/C14H11NO5/c1-20-15-12(14(18)19)10-4-2-3-8-5-6-9(13(16)17)7-11(8)10/h2-7H,1H3,(H,16,17)(H,18,19). The topological polar surface area (TPSA) is 96.2 Å². The lowest BCUT2D eigenvalue weighted by molar-refractivity contribution is -0.129. The van der Waals surface area contributed by atoms with Crippen LogP contribution in [-0.4, -0.2) is 35.0 Å². The van der Waals surface area contributed by atoms with E-state index < -0.39 is 11.9 Å². The summed E-state index contributed by atoms with van der Waals surface area (Å²) in [6.07, 6.45) is 0. The number of fused-ring (bicyclic) bond motifs is 1. The quantitative estimate of drug-likeness (QED) is 0.655. The van der Waals surface area contributed by atoms with Crippen LogP contribution in [0.25, 0.3) is 10.8 Å². The largest absolute Gasteiger partial charge is 0.478 e. The van der Waals surface area contributed by atoms with Crippen molar-refractivity contribution in [2.45, 2.75) is 0 Å². The Bertz CT molecular complexity index is 721. The molecular formula is C14H11NO5. The monoisotopic (exact) mass is 273 g/mol. The van der Waals surface area contributed by atoms with E-state index in [0.717, 1.165) is 5.39 Å². The molecule has 0 fully saturated rings. The number of rotatable bonds is 4. The van der Waals surface area contributed by atoms with Crippen molar-refractivity contribution in [1.29, 1.82) is 0 Å². The molecular weight excluding hydrogens is 262 g/mol. The Morgan fingerprint density at radius 2 is 1.90 bits per heavy atom. The van der Waals surface area contributed by atoms with E-state index >= 15 is 0 Å². The minimum absolute atomic E-state index is 0.0760. The SMILES string of the molecule is CON=C(C(=O)O)c1cccc2ccc(C(=O)O)cc12. The maximum absolute atomic E-state index is 11.2. The Hall–Kier alpha value is -2.89. The second-order valence-electron chi connectivity index (χ2n) is 3.97. The van der Waals surface area contributed by atoms with E-state index in [1.807, 2.05) is 0 Å². The van der Waals surface area contributed by atoms with E-state index in [0.29, 0.717) is 10.9 Å². The highest BCUT2D eigenvalue weighted by molar-refractivity contribution is 6.44. The summed E-state index contributed by atoms with van der Waals surface area (Å²) in [4.78, 5) is 26.8. The predicted molar refractivity (Wildman–Crippen MR) is 72.1 cm³/mol. The number of benzene rings is 2. The molecule has 0 heterocycles. The average molecular weight is 273 g/mol. The second-order valence-corrected chi connectivity index (χ2v) is 3.97. The number of aliphatic carboxylic acids is 1. The highest BCUT2D eigenvalue weighted by Crippen LogP contribution is 2.21. The molecule has 0 bridgehead atoms. The molecule has 0 aliphatic carbocycles. The average Bonchev–Trinajstić information content (AvgIpc) is 2.43. The van der Waals surface area contributed by atoms with Gasteiger partial charge < -0.3 is 15.1 Å². The molecule has 20 heavy (non-hydrogen) atoms. The zero-order chi connectivity index (χ0) is 14.7. The number of carboxylic acids is 2. The second kappa shape index (κ2) is 5.40. The fraction of sp³-hybridized carbons (Fsp3) is 0.0714. The van der Waals surface area contributed by atoms with Crippen LogP contribution in [0, 0.1) is 0 Å². The molecule has 0 unspecified atom stereocenters. The first-order valence-electron chi connectivity index (χ1n) is 5.65. The van der Waals surface area contributed by atoms with Gasteiger partial charge in [-0.3, -0.25) is 0 Å². The van der Waals surface area contributed by atoms with Crippen molar-refractivity contribution in [2.75, 3.05) is 7.11 Å². The Labute approximate surface area is 113 Å². The Morgan fingerprint density at radius 1 is 1.15 bits per heavy atom. The number of oxime groups is 1. The highest BCUT2D eigenvalue weighted by atomic mass is 16.6. The number of carbonyl (C=O) groups is 2. The van der Waals surface area contributed by atoms with Crippen LogP contribution in [0.5, 0.6) is 0 Å². The molecule has 6 heteroatoms. The molecule has 0 spiro atoms. The number of hydrogen-bond acceptors (Lipinski definition) is 4. The van der Waals surface area contributed by atoms with Gasteiger partial charge in [0.15, 0.2) is 5.71 Å². The normalized spacial score (nSPS) is 11.3. The van der Waals surface area contributed by atoms with Crippen molar-refractivity contribution in [2.24, 2.45) is 5.16 Å². The van der Waals surface area contributed by atoms with E-state index in [-0.39, 0.29) is 11.3 Å². The van der Waals surface area contributed by atoms with Gasteiger partial charge in [0.2, 0.25) is 0 Å². The van der Waals surface area contributed by atoms with Crippen molar-refractivity contribution in [3.63, 3.8) is 0 Å². The third kappa shape index (κ3) is 2.44. The fourth-order valence-corrected chi connectivity index (χ4v) is 1.91. The number of nitrogens with zero attached hydrogens (tertiary/aromatic N) is 1. The van der Waals surface area contributed by atoms with Crippen LogP contribution in [0.1, 0.15) is 15.9 Å². The molecule has 0 aromatic heterocycles. The van der Waals surface area contributed by atoms with Gasteiger partial charge in [-0.15, -0.1) is 0 Å². The molecule has 0 amide bonds. The summed E-state index contributed by atoms with van der Waals surface area (Å²) in [6.45, 7) is 0. The van der Waals surface area contributed by atoms with Gasteiger partial charge >= 0.3 is 11.9 Å². The van der Waals surface area contributed by atoms with Gasteiger partial charge in [0.25, 0.3) is 0 Å². The smallest absolute Gasteiger partial charge is 0.358 e. The van der Waals surface area contributed by atoms with E-state index in [1.54, 1.807) is 24.3 Å². The first-order valence-corrected chi connectivity index (χ1v) is 5.65. The number of aromatic carboxylic acids is 1. The van der Waals surface area contributed by atoms with Crippen LogP contribution in [0.15, 0.2) is 41.6 Å². The van der Waals surface area contributed by atoms with Crippen molar-refractivity contribution in [3.05, 3.63) is 47.5 Å². The summed E-state index contributed by atoms with van der Waals surface area (Å²) >= 11 is 0. The van der Waals surface area contributed by atoms with Crippen LogP contribution in [0.3, 0.4) is 0 Å². The van der Waals surface area contributed by atoms with E-state index in [2.05, 4.69) is 9.99 Å². The van der Waals surface area contributed by atoms with E-state index in [4.69, 9.17) is 10.2 Å². The number of carboxylic acid groups (broad SMARTS) is 2. The van der Waals surface area contributed by atoms with Crippen LogP contribution >= 0.6 is 0 Å². The zero-order valence-corrected chi connectivity index (χ0v) is 10.5. The van der Waals surface area contributed by atoms with Gasteiger partial charge in [0.05, 0.1) is 5.56 Å². The van der Waals surface area contributed by atoms with Gasteiger partial charge in [0, 0.05) is 5.56 Å². The predicted octanol–water partition coefficient (Wildman–Crippen LogP) is 1.97. The molecule has 0 aliphatic rings. The molecule has 2 rings (SSSR count). The summed E-state index contributed by atoms with van der Waals surface area (Å²) in [5.74, 6) is -2.33. The lowest BCUT2D eigenvalue weighted by Gasteiger charge is -2.07. The van der Waals surface area contributed by atoms with Crippen LogP contribution in [0.2, 0.25) is 0 Å². The van der Waals surface area contributed by atoms with Gasteiger partial charge in [-0.25, -0.2) is 9.59 Å². The van der Waals surface area contributed by atoms with Gasteiger partial charge in [-0.05, 0) is 22.9 Å². The molecule has 2 aromatic carbocycles. The van der Waals surface area contributed by atoms with E-state index in [1.165, 1.54) is 19.2 Å². The zero-order valence-electron chi connectivity index (χ0n) is 10.5. The van der Waals surface area contributed by atoms with E-state index in [9.17, 15) is 9.59 Å². The lowest BCUT2D eigenvalue weighted by atomic mass is 9.99. The molecule has 102 valence electrons. The lowest BCUT2D eigenvalue weighted by Crippen LogP contribution is -2.15. The first kappa shape index (κ1) is 13.5. The fourth-order valence-electron chi connectivity index (χ4n) is 1.91. The van der Waals surface area contributed by atoms with Gasteiger partial charge in [-0.2, -0.15) is 0 Å². The first-order chi connectivity index (χ1) is 9.54. The minimum atomic E-state index is -1.25. The summed E-state index contributed by atoms with van der Waals surface area (Å²) in [7, 11) is 1.25. The highest BCUT2D eigenvalue weighted by Gasteiger charge is 2.17. The number of hydrogen-bond donors (Lipinski definition) is 2. The summed E-state index contributed by atoms with van der Waals surface area (Å²) < 4.78 is 0. The Kier molecular flexibility index (Phi) is 3.65. The molecule has 0 radical (unpaired) electrons.